The predicted molar refractivity (Wildman–Crippen MR) is 100.0 cm³/mol. The highest BCUT2D eigenvalue weighted by Crippen LogP contribution is 2.22. The number of carboxylic acid groups (broad SMARTS) is 1. The van der Waals surface area contributed by atoms with Crippen LogP contribution in [0.15, 0.2) is 54.6 Å². The number of halogens is 1. The second-order valence-corrected chi connectivity index (χ2v) is 6.33. The number of carbonyl (C=O) groups is 2. The molecule has 0 saturated carbocycles. The van der Waals surface area contributed by atoms with E-state index in [0.29, 0.717) is 22.2 Å². The van der Waals surface area contributed by atoms with Crippen molar-refractivity contribution in [1.29, 1.82) is 0 Å². The van der Waals surface area contributed by atoms with Crippen molar-refractivity contribution in [2.45, 2.75) is 25.8 Å². The van der Waals surface area contributed by atoms with E-state index in [1.807, 2.05) is 30.3 Å². The normalized spacial score (nSPS) is 11.9. The molecule has 3 rings (SSSR count). The Morgan fingerprint density at radius 1 is 1.15 bits per heavy atom. The van der Waals surface area contributed by atoms with Gasteiger partial charge in [0.15, 0.2) is 0 Å². The summed E-state index contributed by atoms with van der Waals surface area (Å²) in [6.45, 7) is 1.69. The van der Waals surface area contributed by atoms with Gasteiger partial charge in [-0.2, -0.15) is 0 Å². The molecule has 2 aromatic carbocycles. The Labute approximate surface area is 155 Å². The van der Waals surface area contributed by atoms with Gasteiger partial charge in [-0.05, 0) is 37.1 Å². The Hall–Kier alpha value is -3.28. The van der Waals surface area contributed by atoms with E-state index in [2.05, 4.69) is 10.3 Å². The van der Waals surface area contributed by atoms with Crippen molar-refractivity contribution in [2.24, 2.45) is 0 Å². The van der Waals surface area contributed by atoms with E-state index in [1.54, 1.807) is 19.1 Å². The molecule has 0 saturated heterocycles. The molecule has 3 aromatic rings. The average Bonchev–Trinajstić information content (AvgIpc) is 2.64. The molecule has 1 aromatic heterocycles. The molecule has 0 fully saturated rings. The number of hydrogen-bond acceptors (Lipinski definition) is 3. The third-order valence-corrected chi connectivity index (χ3v) is 4.37. The molecule has 1 amide bonds. The highest BCUT2D eigenvalue weighted by Gasteiger charge is 2.19. The van der Waals surface area contributed by atoms with Crippen molar-refractivity contribution in [3.8, 4) is 0 Å². The minimum Gasteiger partial charge on any atom is -0.481 e. The van der Waals surface area contributed by atoms with E-state index < -0.39 is 12.0 Å². The van der Waals surface area contributed by atoms with Gasteiger partial charge in [0, 0.05) is 17.9 Å². The third kappa shape index (κ3) is 4.47. The van der Waals surface area contributed by atoms with Crippen molar-refractivity contribution < 1.29 is 19.1 Å². The molecule has 6 heteroatoms. The summed E-state index contributed by atoms with van der Waals surface area (Å²) in [6, 6.07) is 14.7. The molecule has 0 aliphatic heterocycles. The number of amides is 1. The first kappa shape index (κ1) is 18.5. The summed E-state index contributed by atoms with van der Waals surface area (Å²) < 4.78 is 13.4. The maximum Gasteiger partial charge on any atom is 0.303 e. The number of aliphatic carboxylic acids is 1. The summed E-state index contributed by atoms with van der Waals surface area (Å²) >= 11 is 0. The lowest BCUT2D eigenvalue weighted by molar-refractivity contribution is -0.137. The Balaban J connectivity index is 1.88. The average molecular weight is 366 g/mol. The zero-order valence-electron chi connectivity index (χ0n) is 14.8. The number of fused-ring (bicyclic) bond motifs is 1. The lowest BCUT2D eigenvalue weighted by Crippen LogP contribution is -2.29. The molecule has 1 atom stereocenters. The first-order chi connectivity index (χ1) is 12.9. The molecule has 0 bridgehead atoms. The smallest absolute Gasteiger partial charge is 0.303 e. The summed E-state index contributed by atoms with van der Waals surface area (Å²) in [4.78, 5) is 28.1. The van der Waals surface area contributed by atoms with Crippen LogP contribution in [0.2, 0.25) is 0 Å². The summed E-state index contributed by atoms with van der Waals surface area (Å²) in [5.41, 5.74) is 2.18. The Morgan fingerprint density at radius 2 is 1.89 bits per heavy atom. The third-order valence-electron chi connectivity index (χ3n) is 4.37. The molecule has 0 aliphatic rings. The molecule has 1 heterocycles. The molecular formula is C21H19FN2O3. The van der Waals surface area contributed by atoms with E-state index in [1.165, 1.54) is 12.1 Å². The fraction of sp³-hybridized carbons (Fsp3) is 0.190. The van der Waals surface area contributed by atoms with E-state index in [-0.39, 0.29) is 24.6 Å². The fourth-order valence-electron chi connectivity index (χ4n) is 2.98. The molecule has 5 nitrogen and oxygen atoms in total. The largest absolute Gasteiger partial charge is 0.481 e. The molecule has 0 spiro atoms. The van der Waals surface area contributed by atoms with Crippen molar-refractivity contribution in [3.63, 3.8) is 0 Å². The van der Waals surface area contributed by atoms with Crippen LogP contribution in [0.3, 0.4) is 0 Å². The van der Waals surface area contributed by atoms with Gasteiger partial charge in [0.05, 0.1) is 22.8 Å². The number of carbonyl (C=O) groups excluding carboxylic acids is 1. The van der Waals surface area contributed by atoms with E-state index in [9.17, 15) is 14.0 Å². The van der Waals surface area contributed by atoms with Gasteiger partial charge >= 0.3 is 5.97 Å². The Bertz CT molecular complexity index is 989. The lowest BCUT2D eigenvalue weighted by atomic mass is 10.0. The van der Waals surface area contributed by atoms with Gasteiger partial charge in [-0.25, -0.2) is 4.39 Å². The number of aromatic nitrogens is 1. The lowest BCUT2D eigenvalue weighted by Gasteiger charge is -2.19. The number of aryl methyl sites for hydroxylation is 1. The Kier molecular flexibility index (Phi) is 5.45. The van der Waals surface area contributed by atoms with Crippen molar-refractivity contribution in [1.82, 2.24) is 10.3 Å². The zero-order valence-corrected chi connectivity index (χ0v) is 14.8. The minimum atomic E-state index is -0.921. The van der Waals surface area contributed by atoms with E-state index in [0.717, 1.165) is 5.56 Å². The maximum atomic E-state index is 13.4. The number of carboxylic acids is 1. The predicted octanol–water partition coefficient (Wildman–Crippen LogP) is 4.02. The Morgan fingerprint density at radius 3 is 2.59 bits per heavy atom. The summed E-state index contributed by atoms with van der Waals surface area (Å²) in [7, 11) is 0. The van der Waals surface area contributed by atoms with Crippen LogP contribution in [-0.4, -0.2) is 22.0 Å². The number of pyridine rings is 1. The molecule has 1 unspecified atom stereocenters. The van der Waals surface area contributed by atoms with Crippen molar-refractivity contribution >= 4 is 22.8 Å². The monoisotopic (exact) mass is 366 g/mol. The van der Waals surface area contributed by atoms with Crippen LogP contribution in [0, 0.1) is 12.7 Å². The summed E-state index contributed by atoms with van der Waals surface area (Å²) in [6.07, 6.45) is 0.213. The zero-order chi connectivity index (χ0) is 19.4. The highest BCUT2D eigenvalue weighted by molar-refractivity contribution is 5.98. The second-order valence-electron chi connectivity index (χ2n) is 6.33. The standard InChI is InChI=1S/C21H19FN2O3/c1-13-17(11-15-7-8-16(22)12-19(15)23-13)21(27)24-18(9-10-20(25)26)14-5-3-2-4-6-14/h2-8,11-12,18H,9-10H2,1H3,(H,24,27)(H,25,26). The van der Waals surface area contributed by atoms with Crippen LogP contribution >= 0.6 is 0 Å². The highest BCUT2D eigenvalue weighted by atomic mass is 19.1. The van der Waals surface area contributed by atoms with Crippen LogP contribution < -0.4 is 5.32 Å². The topological polar surface area (TPSA) is 79.3 Å². The van der Waals surface area contributed by atoms with Gasteiger partial charge in [0.25, 0.3) is 5.91 Å². The van der Waals surface area contributed by atoms with Crippen LogP contribution in [0.5, 0.6) is 0 Å². The number of hydrogen-bond donors (Lipinski definition) is 2. The quantitative estimate of drug-likeness (QED) is 0.691. The molecule has 138 valence electrons. The van der Waals surface area contributed by atoms with Gasteiger partial charge in [-0.15, -0.1) is 0 Å². The first-order valence-corrected chi connectivity index (χ1v) is 8.58. The molecule has 27 heavy (non-hydrogen) atoms. The number of benzene rings is 2. The molecular weight excluding hydrogens is 347 g/mol. The molecule has 0 radical (unpaired) electrons. The number of rotatable bonds is 6. The second kappa shape index (κ2) is 7.95. The molecule has 2 N–H and O–H groups in total. The summed E-state index contributed by atoms with van der Waals surface area (Å²) in [5, 5.41) is 12.6. The van der Waals surface area contributed by atoms with Crippen LogP contribution in [0.4, 0.5) is 4.39 Å². The van der Waals surface area contributed by atoms with Gasteiger partial charge < -0.3 is 10.4 Å². The SMILES string of the molecule is Cc1nc2cc(F)ccc2cc1C(=O)NC(CCC(=O)O)c1ccccc1. The van der Waals surface area contributed by atoms with Gasteiger partial charge in [0.1, 0.15) is 5.82 Å². The fourth-order valence-corrected chi connectivity index (χ4v) is 2.98. The van der Waals surface area contributed by atoms with Crippen LogP contribution in [-0.2, 0) is 4.79 Å². The number of nitrogens with zero attached hydrogens (tertiary/aromatic N) is 1. The molecule has 0 aliphatic carbocycles. The minimum absolute atomic E-state index is 0.0614. The van der Waals surface area contributed by atoms with Gasteiger partial charge in [0.2, 0.25) is 0 Å². The van der Waals surface area contributed by atoms with Crippen LogP contribution in [0.1, 0.15) is 40.5 Å². The summed E-state index contributed by atoms with van der Waals surface area (Å²) in [5.74, 6) is -1.65. The van der Waals surface area contributed by atoms with E-state index >= 15 is 0 Å². The van der Waals surface area contributed by atoms with Gasteiger partial charge in [-0.1, -0.05) is 30.3 Å². The first-order valence-electron chi connectivity index (χ1n) is 8.58. The maximum absolute atomic E-state index is 13.4. The van der Waals surface area contributed by atoms with Crippen LogP contribution in [0.25, 0.3) is 10.9 Å². The van der Waals surface area contributed by atoms with E-state index in [4.69, 9.17) is 5.11 Å². The van der Waals surface area contributed by atoms with Crippen molar-refractivity contribution in [3.05, 3.63) is 77.2 Å². The van der Waals surface area contributed by atoms with Gasteiger partial charge in [-0.3, -0.25) is 14.6 Å². The number of nitrogens with one attached hydrogen (secondary N) is 1. The van der Waals surface area contributed by atoms with Crippen molar-refractivity contribution in [2.75, 3.05) is 0 Å².